The van der Waals surface area contributed by atoms with Gasteiger partial charge in [-0.2, -0.15) is 0 Å². The second kappa shape index (κ2) is 4.44. The van der Waals surface area contributed by atoms with Crippen LogP contribution in [-0.2, 0) is 0 Å². The summed E-state index contributed by atoms with van der Waals surface area (Å²) >= 11 is 0. The standard InChI is InChI=1S/C10H13N3O3/c14-9-2-1-5-12(7-9)8-3-4-10(11-6-8)13(15)16/h3-4,6,9,14H,1-2,5,7H2. The topological polar surface area (TPSA) is 79.5 Å². The van der Waals surface area contributed by atoms with Crippen LogP contribution in [0.3, 0.4) is 0 Å². The van der Waals surface area contributed by atoms with Crippen LogP contribution in [0.25, 0.3) is 0 Å². The molecule has 1 aromatic rings. The Kier molecular flexibility index (Phi) is 3.00. The molecule has 6 nitrogen and oxygen atoms in total. The van der Waals surface area contributed by atoms with Crippen molar-refractivity contribution in [3.8, 4) is 0 Å². The summed E-state index contributed by atoms with van der Waals surface area (Å²) < 4.78 is 0. The van der Waals surface area contributed by atoms with Gasteiger partial charge in [0.2, 0.25) is 0 Å². The molecule has 1 aromatic heterocycles. The molecule has 2 heterocycles. The maximum Gasteiger partial charge on any atom is 0.363 e. The van der Waals surface area contributed by atoms with Crippen molar-refractivity contribution in [1.82, 2.24) is 4.98 Å². The number of hydrogen-bond acceptors (Lipinski definition) is 5. The lowest BCUT2D eigenvalue weighted by atomic mass is 10.1. The number of anilines is 1. The van der Waals surface area contributed by atoms with Crippen LogP contribution in [0, 0.1) is 10.1 Å². The van der Waals surface area contributed by atoms with Crippen LogP contribution in [0.4, 0.5) is 11.5 Å². The van der Waals surface area contributed by atoms with Gasteiger partial charge in [-0.3, -0.25) is 0 Å². The predicted octanol–water partition coefficient (Wildman–Crippen LogP) is 0.951. The van der Waals surface area contributed by atoms with Gasteiger partial charge in [-0.1, -0.05) is 0 Å². The lowest BCUT2D eigenvalue weighted by Gasteiger charge is -2.30. The zero-order chi connectivity index (χ0) is 11.5. The summed E-state index contributed by atoms with van der Waals surface area (Å²) in [6.07, 6.45) is 2.91. The van der Waals surface area contributed by atoms with E-state index in [0.717, 1.165) is 25.1 Å². The molecular weight excluding hydrogens is 210 g/mol. The third-order valence-electron chi connectivity index (χ3n) is 2.68. The average molecular weight is 223 g/mol. The molecule has 86 valence electrons. The van der Waals surface area contributed by atoms with E-state index in [1.54, 1.807) is 6.07 Å². The molecule has 0 spiro atoms. The Bertz CT molecular complexity index is 379. The predicted molar refractivity (Wildman–Crippen MR) is 58.3 cm³/mol. The van der Waals surface area contributed by atoms with Crippen molar-refractivity contribution in [2.45, 2.75) is 18.9 Å². The smallest absolute Gasteiger partial charge is 0.363 e. The van der Waals surface area contributed by atoms with Crippen LogP contribution in [0.1, 0.15) is 12.8 Å². The minimum absolute atomic E-state index is 0.152. The van der Waals surface area contributed by atoms with Crippen molar-refractivity contribution in [3.05, 3.63) is 28.4 Å². The molecule has 6 heteroatoms. The van der Waals surface area contributed by atoms with Crippen molar-refractivity contribution in [3.63, 3.8) is 0 Å². The number of pyridine rings is 1. The fourth-order valence-electron chi connectivity index (χ4n) is 1.86. The maximum absolute atomic E-state index is 10.4. The molecule has 0 bridgehead atoms. The zero-order valence-corrected chi connectivity index (χ0v) is 8.74. The van der Waals surface area contributed by atoms with Gasteiger partial charge in [-0.25, -0.2) is 0 Å². The van der Waals surface area contributed by atoms with E-state index in [0.29, 0.717) is 6.54 Å². The Morgan fingerprint density at radius 1 is 1.56 bits per heavy atom. The molecule has 1 aliphatic heterocycles. The van der Waals surface area contributed by atoms with E-state index in [9.17, 15) is 15.2 Å². The minimum Gasteiger partial charge on any atom is -0.391 e. The molecule has 1 atom stereocenters. The van der Waals surface area contributed by atoms with Crippen LogP contribution in [-0.4, -0.2) is 34.2 Å². The first-order chi connectivity index (χ1) is 7.66. The first kappa shape index (κ1) is 10.8. The fraction of sp³-hybridized carbons (Fsp3) is 0.500. The van der Waals surface area contributed by atoms with Crippen LogP contribution >= 0.6 is 0 Å². The number of piperidine rings is 1. The lowest BCUT2D eigenvalue weighted by molar-refractivity contribution is -0.389. The summed E-state index contributed by atoms with van der Waals surface area (Å²) in [4.78, 5) is 15.7. The monoisotopic (exact) mass is 223 g/mol. The highest BCUT2D eigenvalue weighted by atomic mass is 16.6. The van der Waals surface area contributed by atoms with E-state index >= 15 is 0 Å². The van der Waals surface area contributed by atoms with Crippen LogP contribution in [0.15, 0.2) is 18.3 Å². The third-order valence-corrected chi connectivity index (χ3v) is 2.68. The molecule has 1 saturated heterocycles. The Labute approximate surface area is 92.7 Å². The maximum atomic E-state index is 10.4. The van der Waals surface area contributed by atoms with Gasteiger partial charge in [-0.05, 0) is 28.8 Å². The van der Waals surface area contributed by atoms with Gasteiger partial charge in [0.25, 0.3) is 0 Å². The summed E-state index contributed by atoms with van der Waals surface area (Å²) in [6.45, 7) is 1.43. The van der Waals surface area contributed by atoms with Gasteiger partial charge in [-0.15, -0.1) is 0 Å². The molecule has 1 unspecified atom stereocenters. The van der Waals surface area contributed by atoms with Crippen molar-refractivity contribution in [2.75, 3.05) is 18.0 Å². The number of rotatable bonds is 2. The van der Waals surface area contributed by atoms with E-state index in [1.165, 1.54) is 12.3 Å². The van der Waals surface area contributed by atoms with Gasteiger partial charge >= 0.3 is 5.82 Å². The first-order valence-corrected chi connectivity index (χ1v) is 5.20. The molecule has 0 amide bonds. The number of aliphatic hydroxyl groups is 1. The SMILES string of the molecule is O=[N+]([O-])c1ccc(N2CCCC(O)C2)cn1. The number of aliphatic hydroxyl groups excluding tert-OH is 1. The van der Waals surface area contributed by atoms with Crippen LogP contribution < -0.4 is 4.90 Å². The van der Waals surface area contributed by atoms with Crippen LogP contribution in [0.5, 0.6) is 0 Å². The fourth-order valence-corrected chi connectivity index (χ4v) is 1.86. The number of hydrogen-bond donors (Lipinski definition) is 1. The number of aromatic nitrogens is 1. The summed E-state index contributed by atoms with van der Waals surface area (Å²) in [6, 6.07) is 3.06. The second-order valence-corrected chi connectivity index (χ2v) is 3.87. The highest BCUT2D eigenvalue weighted by molar-refractivity contribution is 5.46. The Morgan fingerprint density at radius 3 is 2.94 bits per heavy atom. The lowest BCUT2D eigenvalue weighted by Crippen LogP contribution is -2.38. The summed E-state index contributed by atoms with van der Waals surface area (Å²) in [5.41, 5.74) is 0.823. The highest BCUT2D eigenvalue weighted by Gasteiger charge is 2.19. The van der Waals surface area contributed by atoms with Crippen molar-refractivity contribution in [1.29, 1.82) is 0 Å². The number of nitro groups is 1. The quantitative estimate of drug-likeness (QED) is 0.596. The Balaban J connectivity index is 2.11. The molecule has 0 aromatic carbocycles. The average Bonchev–Trinajstić information content (AvgIpc) is 2.29. The summed E-state index contributed by atoms with van der Waals surface area (Å²) in [5.74, 6) is -0.152. The van der Waals surface area contributed by atoms with Crippen molar-refractivity contribution < 1.29 is 10.0 Å². The van der Waals surface area contributed by atoms with E-state index in [-0.39, 0.29) is 11.9 Å². The molecule has 0 aliphatic carbocycles. The Hall–Kier alpha value is -1.69. The van der Waals surface area contributed by atoms with E-state index in [4.69, 9.17) is 0 Å². The normalized spacial score (nSPS) is 20.8. The zero-order valence-electron chi connectivity index (χ0n) is 8.74. The van der Waals surface area contributed by atoms with Crippen molar-refractivity contribution >= 4 is 11.5 Å². The molecule has 0 saturated carbocycles. The van der Waals surface area contributed by atoms with E-state index in [2.05, 4.69) is 4.98 Å². The van der Waals surface area contributed by atoms with Gasteiger partial charge in [0.1, 0.15) is 0 Å². The van der Waals surface area contributed by atoms with Gasteiger partial charge < -0.3 is 20.1 Å². The first-order valence-electron chi connectivity index (χ1n) is 5.20. The molecular formula is C10H13N3O3. The molecule has 2 rings (SSSR count). The van der Waals surface area contributed by atoms with Crippen molar-refractivity contribution in [2.24, 2.45) is 0 Å². The number of nitrogens with zero attached hydrogens (tertiary/aromatic N) is 3. The highest BCUT2D eigenvalue weighted by Crippen LogP contribution is 2.20. The molecule has 1 fully saturated rings. The van der Waals surface area contributed by atoms with Gasteiger partial charge in [0, 0.05) is 19.2 Å². The van der Waals surface area contributed by atoms with E-state index < -0.39 is 4.92 Å². The second-order valence-electron chi connectivity index (χ2n) is 3.87. The number of β-amino-alcohol motifs (C(OH)–C–C–N with tert-alkyl or cyclic N) is 1. The molecule has 1 N–H and O–H groups in total. The van der Waals surface area contributed by atoms with Crippen LogP contribution in [0.2, 0.25) is 0 Å². The molecule has 16 heavy (non-hydrogen) atoms. The van der Waals surface area contributed by atoms with Gasteiger partial charge in [0.15, 0.2) is 6.20 Å². The van der Waals surface area contributed by atoms with Gasteiger partial charge in [0.05, 0.1) is 11.8 Å². The third kappa shape index (κ3) is 2.27. The van der Waals surface area contributed by atoms with E-state index in [1.807, 2.05) is 4.90 Å². The minimum atomic E-state index is -0.519. The summed E-state index contributed by atoms with van der Waals surface area (Å²) in [7, 11) is 0. The Morgan fingerprint density at radius 2 is 2.38 bits per heavy atom. The molecule has 0 radical (unpaired) electrons. The molecule has 1 aliphatic rings. The summed E-state index contributed by atoms with van der Waals surface area (Å²) in [5, 5.41) is 19.9. The largest absolute Gasteiger partial charge is 0.391 e.